The quantitative estimate of drug-likeness (QED) is 0.661. The Kier molecular flexibility index (Phi) is 2.15. The van der Waals surface area contributed by atoms with Crippen LogP contribution < -0.4 is 0 Å². The third kappa shape index (κ3) is 1.40. The van der Waals surface area contributed by atoms with Gasteiger partial charge >= 0.3 is 0 Å². The minimum absolute atomic E-state index is 0.339. The van der Waals surface area contributed by atoms with E-state index >= 15 is 0 Å². The van der Waals surface area contributed by atoms with E-state index in [1.54, 1.807) is 0 Å². The molecule has 0 spiro atoms. The number of rotatable bonds is 0. The first-order valence-corrected chi connectivity index (χ1v) is 5.97. The number of fused-ring (bicyclic) bond motifs is 3. The van der Waals surface area contributed by atoms with Crippen LogP contribution in [-0.4, -0.2) is 30.8 Å². The number of Topliss-reactive ketones (excluding diaryl/α,β-unsaturated/α-hetero) is 1. The zero-order valence-electron chi connectivity index (χ0n) is 9.86. The third-order valence-corrected chi connectivity index (χ3v) is 3.98. The molecule has 2 aliphatic rings. The number of nitrogens with zero attached hydrogens (tertiary/aromatic N) is 1. The Labute approximate surface area is 96.3 Å². The lowest BCUT2D eigenvalue weighted by atomic mass is 9.76. The van der Waals surface area contributed by atoms with E-state index in [0.29, 0.717) is 17.6 Å². The average molecular weight is 215 g/mol. The lowest BCUT2D eigenvalue weighted by Gasteiger charge is -2.26. The smallest absolute Gasteiger partial charge is 0.163 e. The van der Waals surface area contributed by atoms with Crippen LogP contribution >= 0.6 is 0 Å². The summed E-state index contributed by atoms with van der Waals surface area (Å²) in [6, 6.07) is 6.28. The van der Waals surface area contributed by atoms with Gasteiger partial charge in [-0.1, -0.05) is 23.8 Å². The van der Waals surface area contributed by atoms with Crippen molar-refractivity contribution in [1.29, 1.82) is 0 Å². The van der Waals surface area contributed by atoms with Gasteiger partial charge in [0.05, 0.1) is 0 Å². The van der Waals surface area contributed by atoms with Gasteiger partial charge < -0.3 is 4.90 Å². The Morgan fingerprint density at radius 2 is 2.12 bits per heavy atom. The summed E-state index contributed by atoms with van der Waals surface area (Å²) >= 11 is 0. The molecule has 0 saturated carbocycles. The van der Waals surface area contributed by atoms with Gasteiger partial charge in [-0.3, -0.25) is 4.79 Å². The SMILES string of the molecule is Cc1ccc2c(c1)[C@@H]1CN(C)C[C@@H]1CC2=O. The van der Waals surface area contributed by atoms with Crippen molar-refractivity contribution in [3.8, 4) is 0 Å². The molecular weight excluding hydrogens is 198 g/mol. The highest BCUT2D eigenvalue weighted by molar-refractivity contribution is 5.99. The Bertz CT molecular complexity index is 452. The molecule has 16 heavy (non-hydrogen) atoms. The molecule has 1 fully saturated rings. The van der Waals surface area contributed by atoms with Crippen LogP contribution in [0, 0.1) is 12.8 Å². The summed E-state index contributed by atoms with van der Waals surface area (Å²) in [7, 11) is 2.15. The number of carbonyl (C=O) groups excluding carboxylic acids is 1. The third-order valence-electron chi connectivity index (χ3n) is 3.98. The fraction of sp³-hybridized carbons (Fsp3) is 0.500. The van der Waals surface area contributed by atoms with Crippen molar-refractivity contribution in [3.05, 3.63) is 34.9 Å². The highest BCUT2D eigenvalue weighted by Gasteiger charge is 2.39. The molecule has 84 valence electrons. The fourth-order valence-electron chi connectivity index (χ4n) is 3.24. The second kappa shape index (κ2) is 3.42. The molecule has 2 nitrogen and oxygen atoms in total. The molecule has 1 aromatic rings. The number of hydrogen-bond acceptors (Lipinski definition) is 2. The predicted molar refractivity (Wildman–Crippen MR) is 63.9 cm³/mol. The highest BCUT2D eigenvalue weighted by atomic mass is 16.1. The zero-order valence-corrected chi connectivity index (χ0v) is 9.86. The number of likely N-dealkylation sites (N-methyl/N-ethyl adjacent to an activating group) is 1. The van der Waals surface area contributed by atoms with Gasteiger partial charge in [-0.15, -0.1) is 0 Å². The van der Waals surface area contributed by atoms with Crippen LogP contribution in [0.3, 0.4) is 0 Å². The molecule has 0 unspecified atom stereocenters. The molecule has 2 atom stereocenters. The summed E-state index contributed by atoms with van der Waals surface area (Å²) in [6.45, 7) is 4.28. The molecule has 1 aliphatic carbocycles. The van der Waals surface area contributed by atoms with Crippen LogP contribution in [0.2, 0.25) is 0 Å². The molecule has 1 heterocycles. The maximum absolute atomic E-state index is 12.0. The van der Waals surface area contributed by atoms with Gasteiger partial charge in [0.2, 0.25) is 0 Å². The van der Waals surface area contributed by atoms with Gasteiger partial charge in [-0.05, 0) is 25.5 Å². The van der Waals surface area contributed by atoms with Crippen LogP contribution in [0.15, 0.2) is 18.2 Å². The second-order valence-corrected chi connectivity index (χ2v) is 5.31. The van der Waals surface area contributed by atoms with Gasteiger partial charge in [-0.2, -0.15) is 0 Å². The predicted octanol–water partition coefficient (Wildman–Crippen LogP) is 2.23. The molecule has 0 amide bonds. The van der Waals surface area contributed by atoms with Gasteiger partial charge in [0.15, 0.2) is 5.78 Å². The van der Waals surface area contributed by atoms with E-state index in [9.17, 15) is 4.79 Å². The monoisotopic (exact) mass is 215 g/mol. The molecule has 2 heteroatoms. The lowest BCUT2D eigenvalue weighted by Crippen LogP contribution is -2.24. The molecule has 1 aromatic carbocycles. The topological polar surface area (TPSA) is 20.3 Å². The molecule has 1 aliphatic heterocycles. The van der Waals surface area contributed by atoms with Crippen LogP contribution in [0.5, 0.6) is 0 Å². The maximum atomic E-state index is 12.0. The van der Waals surface area contributed by atoms with Crippen LogP contribution in [-0.2, 0) is 0 Å². The van der Waals surface area contributed by atoms with Crippen LogP contribution in [0.25, 0.3) is 0 Å². The summed E-state index contributed by atoms with van der Waals surface area (Å²) in [5.41, 5.74) is 3.54. The van der Waals surface area contributed by atoms with Gasteiger partial charge in [0.1, 0.15) is 0 Å². The van der Waals surface area contributed by atoms with Crippen molar-refractivity contribution in [1.82, 2.24) is 4.90 Å². The summed E-state index contributed by atoms with van der Waals surface area (Å²) in [4.78, 5) is 14.4. The summed E-state index contributed by atoms with van der Waals surface area (Å²) in [5.74, 6) is 1.47. The van der Waals surface area contributed by atoms with E-state index in [0.717, 1.165) is 25.1 Å². The number of ketones is 1. The minimum Gasteiger partial charge on any atom is -0.305 e. The summed E-state index contributed by atoms with van der Waals surface area (Å²) in [5, 5.41) is 0. The average Bonchev–Trinajstić information content (AvgIpc) is 2.59. The van der Waals surface area contributed by atoms with E-state index in [-0.39, 0.29) is 0 Å². The largest absolute Gasteiger partial charge is 0.305 e. The first-order valence-electron chi connectivity index (χ1n) is 5.97. The Morgan fingerprint density at radius 3 is 2.94 bits per heavy atom. The maximum Gasteiger partial charge on any atom is 0.163 e. The van der Waals surface area contributed by atoms with E-state index in [4.69, 9.17) is 0 Å². The van der Waals surface area contributed by atoms with Crippen molar-refractivity contribution in [2.45, 2.75) is 19.3 Å². The molecular formula is C14H17NO. The number of aryl methyl sites for hydroxylation is 1. The molecule has 0 radical (unpaired) electrons. The fourth-order valence-corrected chi connectivity index (χ4v) is 3.24. The van der Waals surface area contributed by atoms with E-state index in [1.165, 1.54) is 11.1 Å². The highest BCUT2D eigenvalue weighted by Crippen LogP contribution is 2.40. The zero-order chi connectivity index (χ0) is 11.3. The van der Waals surface area contributed by atoms with Crippen molar-refractivity contribution in [2.75, 3.05) is 20.1 Å². The lowest BCUT2D eigenvalue weighted by molar-refractivity contribution is 0.0946. The van der Waals surface area contributed by atoms with Gasteiger partial charge in [0, 0.05) is 31.0 Å². The molecule has 3 rings (SSSR count). The molecule has 0 aromatic heterocycles. The van der Waals surface area contributed by atoms with Crippen molar-refractivity contribution >= 4 is 5.78 Å². The second-order valence-electron chi connectivity index (χ2n) is 5.31. The Hall–Kier alpha value is -1.15. The minimum atomic E-state index is 0.339. The van der Waals surface area contributed by atoms with Gasteiger partial charge in [-0.25, -0.2) is 0 Å². The summed E-state index contributed by atoms with van der Waals surface area (Å²) in [6.07, 6.45) is 0.741. The van der Waals surface area contributed by atoms with Crippen molar-refractivity contribution in [2.24, 2.45) is 5.92 Å². The first kappa shape index (κ1) is 10.0. The van der Waals surface area contributed by atoms with E-state index in [1.807, 2.05) is 6.07 Å². The van der Waals surface area contributed by atoms with E-state index in [2.05, 4.69) is 31.0 Å². The normalized spacial score (nSPS) is 29.0. The number of likely N-dealkylation sites (tertiary alicyclic amines) is 1. The van der Waals surface area contributed by atoms with Crippen molar-refractivity contribution in [3.63, 3.8) is 0 Å². The molecule has 1 saturated heterocycles. The first-order chi connectivity index (χ1) is 7.65. The Balaban J connectivity index is 2.10. The van der Waals surface area contributed by atoms with E-state index < -0.39 is 0 Å². The Morgan fingerprint density at radius 1 is 1.31 bits per heavy atom. The van der Waals surface area contributed by atoms with Gasteiger partial charge in [0.25, 0.3) is 0 Å². The van der Waals surface area contributed by atoms with Crippen LogP contribution in [0.1, 0.15) is 33.8 Å². The van der Waals surface area contributed by atoms with Crippen molar-refractivity contribution < 1.29 is 4.79 Å². The molecule has 0 bridgehead atoms. The molecule has 0 N–H and O–H groups in total. The standard InChI is InChI=1S/C14H17NO/c1-9-3-4-11-12(5-9)13-8-15(2)7-10(13)6-14(11)16/h3-5,10,13H,6-8H2,1-2H3/t10-,13+/m0/s1. The summed E-state index contributed by atoms with van der Waals surface area (Å²) < 4.78 is 0. The number of benzene rings is 1. The van der Waals surface area contributed by atoms with Crippen LogP contribution in [0.4, 0.5) is 0 Å². The number of carbonyl (C=O) groups is 1. The number of hydrogen-bond donors (Lipinski definition) is 0.